The largest absolute Gasteiger partial charge is 2.00 e. The molecule has 0 aromatic rings. The van der Waals surface area contributed by atoms with Crippen LogP contribution in [0.25, 0.3) is 0 Å². The molecule has 2 heteroatoms. The van der Waals surface area contributed by atoms with Crippen LogP contribution >= 0.6 is 0 Å². The van der Waals surface area contributed by atoms with E-state index in [2.05, 4.69) is 20.3 Å². The van der Waals surface area contributed by atoms with Gasteiger partial charge in [0.15, 0.2) is 0 Å². The van der Waals surface area contributed by atoms with Crippen molar-refractivity contribution >= 4 is 23.1 Å². The van der Waals surface area contributed by atoms with Crippen molar-refractivity contribution < 1.29 is 12.4 Å². The molecule has 0 nitrogen and oxygen atoms in total. The van der Waals surface area contributed by atoms with E-state index >= 15 is 0 Å². The molecule has 0 fully saturated rings. The molecular formula is C5H11ClMg. The summed E-state index contributed by atoms with van der Waals surface area (Å²) < 4.78 is 0. The number of halogens is 1. The molecule has 0 aliphatic rings. The van der Waals surface area contributed by atoms with Gasteiger partial charge in [0, 0.05) is 0 Å². The van der Waals surface area contributed by atoms with Crippen LogP contribution < -0.4 is 12.4 Å². The van der Waals surface area contributed by atoms with E-state index in [1.54, 1.807) is 0 Å². The molecule has 0 aliphatic heterocycles. The first-order valence-electron chi connectivity index (χ1n) is 2.19. The Balaban J connectivity index is -0.0000000800. The average Bonchev–Trinajstić information content (AvgIpc) is 1.41. The molecule has 7 heavy (non-hydrogen) atoms. The third-order valence-electron chi connectivity index (χ3n) is 0.577. The normalized spacial score (nSPS) is 6.00. The zero-order chi connectivity index (χ0) is 4.12. The van der Waals surface area contributed by atoms with E-state index < -0.39 is 0 Å². The van der Waals surface area contributed by atoms with Crippen LogP contribution in [0.2, 0.25) is 0 Å². The SMILES string of the molecule is C[CH-]CCC.[Cl-].[Mg+2]. The fourth-order valence-electron chi connectivity index (χ4n) is 0.289. The summed E-state index contributed by atoms with van der Waals surface area (Å²) in [4.78, 5) is 0. The second-order valence-corrected chi connectivity index (χ2v) is 1.20. The molecule has 0 saturated carbocycles. The van der Waals surface area contributed by atoms with Crippen molar-refractivity contribution in [2.24, 2.45) is 0 Å². The Bertz CT molecular complexity index is 15.6. The van der Waals surface area contributed by atoms with Gasteiger partial charge >= 0.3 is 23.1 Å². The minimum atomic E-state index is 0. The Morgan fingerprint density at radius 3 is 1.86 bits per heavy atom. The van der Waals surface area contributed by atoms with Crippen molar-refractivity contribution in [2.75, 3.05) is 0 Å². The van der Waals surface area contributed by atoms with Gasteiger partial charge in [-0.25, -0.2) is 0 Å². The molecule has 0 rings (SSSR count). The molecule has 0 atom stereocenters. The molecule has 0 aromatic carbocycles. The zero-order valence-electron chi connectivity index (χ0n) is 5.08. The second kappa shape index (κ2) is 15.7. The standard InChI is InChI=1S/C5H11.ClH.Mg/c1-3-5-4-2;;/h3H,4-5H2,1-2H3;1H;/q-1;;+2/p-1. The molecule has 0 unspecified atom stereocenters. The summed E-state index contributed by atoms with van der Waals surface area (Å²) in [5.74, 6) is 0. The number of hydrogen-bond acceptors (Lipinski definition) is 0. The summed E-state index contributed by atoms with van der Waals surface area (Å²) in [6.07, 6.45) is 4.73. The van der Waals surface area contributed by atoms with Crippen molar-refractivity contribution in [2.45, 2.75) is 26.7 Å². The Hall–Kier alpha value is 1.06. The molecule has 0 bridgehead atoms. The molecule has 0 aliphatic carbocycles. The summed E-state index contributed by atoms with van der Waals surface area (Å²) in [7, 11) is 0. The monoisotopic (exact) mass is 130 g/mol. The fourth-order valence-corrected chi connectivity index (χ4v) is 0.289. The average molecular weight is 131 g/mol. The molecular weight excluding hydrogens is 120 g/mol. The van der Waals surface area contributed by atoms with E-state index in [4.69, 9.17) is 0 Å². The maximum atomic E-state index is 2.18. The smallest absolute Gasteiger partial charge is 1.00 e. The molecule has 0 heterocycles. The van der Waals surface area contributed by atoms with Crippen LogP contribution in [-0.2, 0) is 0 Å². The van der Waals surface area contributed by atoms with E-state index in [0.29, 0.717) is 0 Å². The topological polar surface area (TPSA) is 0 Å². The quantitative estimate of drug-likeness (QED) is 0.320. The third-order valence-corrected chi connectivity index (χ3v) is 0.577. The van der Waals surface area contributed by atoms with Gasteiger partial charge in [-0.3, -0.25) is 0 Å². The van der Waals surface area contributed by atoms with Gasteiger partial charge in [-0.05, 0) is 0 Å². The molecule has 0 aromatic heterocycles. The Morgan fingerprint density at radius 2 is 1.86 bits per heavy atom. The van der Waals surface area contributed by atoms with Crippen LogP contribution in [0.15, 0.2) is 0 Å². The van der Waals surface area contributed by atoms with Gasteiger partial charge in [-0.1, -0.05) is 13.3 Å². The van der Waals surface area contributed by atoms with Crippen LogP contribution in [0.3, 0.4) is 0 Å². The van der Waals surface area contributed by atoms with Gasteiger partial charge < -0.3 is 18.8 Å². The maximum absolute atomic E-state index is 2.18. The first-order valence-corrected chi connectivity index (χ1v) is 2.19. The van der Waals surface area contributed by atoms with E-state index in [0.717, 1.165) is 0 Å². The van der Waals surface area contributed by atoms with E-state index in [1.165, 1.54) is 12.8 Å². The van der Waals surface area contributed by atoms with Crippen molar-refractivity contribution in [3.05, 3.63) is 6.42 Å². The molecule has 0 N–H and O–H groups in total. The maximum Gasteiger partial charge on any atom is 2.00 e. The summed E-state index contributed by atoms with van der Waals surface area (Å²) >= 11 is 0. The van der Waals surface area contributed by atoms with Crippen molar-refractivity contribution in [1.29, 1.82) is 0 Å². The summed E-state index contributed by atoms with van der Waals surface area (Å²) in [6, 6.07) is 0. The number of rotatable bonds is 2. The van der Waals surface area contributed by atoms with Gasteiger partial charge in [0.1, 0.15) is 0 Å². The van der Waals surface area contributed by atoms with Crippen LogP contribution in [-0.4, -0.2) is 23.1 Å². The van der Waals surface area contributed by atoms with E-state index in [-0.39, 0.29) is 35.5 Å². The van der Waals surface area contributed by atoms with E-state index in [1.807, 2.05) is 0 Å². The molecule has 0 amide bonds. The van der Waals surface area contributed by atoms with Crippen LogP contribution in [0.1, 0.15) is 26.7 Å². The van der Waals surface area contributed by atoms with E-state index in [9.17, 15) is 0 Å². The minimum absolute atomic E-state index is 0. The van der Waals surface area contributed by atoms with Gasteiger partial charge in [0.05, 0.1) is 0 Å². The Labute approximate surface area is 68.6 Å². The third kappa shape index (κ3) is 19.3. The van der Waals surface area contributed by atoms with Crippen LogP contribution in [0.5, 0.6) is 0 Å². The summed E-state index contributed by atoms with van der Waals surface area (Å²) in [5, 5.41) is 0. The summed E-state index contributed by atoms with van der Waals surface area (Å²) in [6.45, 7) is 4.27. The molecule has 0 spiro atoms. The first kappa shape index (κ1) is 15.7. The molecule has 0 saturated heterocycles. The predicted octanol–water partition coefficient (Wildman–Crippen LogP) is -1.37. The van der Waals surface area contributed by atoms with Gasteiger partial charge in [-0.2, -0.15) is 13.3 Å². The zero-order valence-corrected chi connectivity index (χ0v) is 7.25. The van der Waals surface area contributed by atoms with Gasteiger partial charge in [0.2, 0.25) is 0 Å². The van der Waals surface area contributed by atoms with Crippen molar-refractivity contribution in [1.82, 2.24) is 0 Å². The second-order valence-electron chi connectivity index (χ2n) is 1.20. The predicted molar refractivity (Wildman–Crippen MR) is 30.6 cm³/mol. The summed E-state index contributed by atoms with van der Waals surface area (Å²) in [5.41, 5.74) is 0. The Morgan fingerprint density at radius 1 is 1.43 bits per heavy atom. The Kier molecular flexibility index (Phi) is 35.3. The van der Waals surface area contributed by atoms with Crippen LogP contribution in [0, 0.1) is 6.42 Å². The number of hydrogen-bond donors (Lipinski definition) is 0. The fraction of sp³-hybridized carbons (Fsp3) is 0.800. The first-order chi connectivity index (χ1) is 2.41. The van der Waals surface area contributed by atoms with Crippen LogP contribution in [0.4, 0.5) is 0 Å². The van der Waals surface area contributed by atoms with Gasteiger partial charge in [0.25, 0.3) is 0 Å². The minimum Gasteiger partial charge on any atom is -1.00 e. The van der Waals surface area contributed by atoms with Crippen molar-refractivity contribution in [3.63, 3.8) is 0 Å². The van der Waals surface area contributed by atoms with Gasteiger partial charge in [-0.15, -0.1) is 0 Å². The number of unbranched alkanes of at least 4 members (excludes halogenated alkanes) is 2. The van der Waals surface area contributed by atoms with Crippen molar-refractivity contribution in [3.8, 4) is 0 Å². The molecule has 0 radical (unpaired) electrons. The molecule has 40 valence electrons.